The summed E-state index contributed by atoms with van der Waals surface area (Å²) in [4.78, 5) is 14.8. The second kappa shape index (κ2) is 6.16. The van der Waals surface area contributed by atoms with Gasteiger partial charge in [0.25, 0.3) is 5.91 Å². The van der Waals surface area contributed by atoms with Crippen LogP contribution in [-0.4, -0.2) is 45.3 Å². The van der Waals surface area contributed by atoms with E-state index in [0.29, 0.717) is 37.4 Å². The predicted octanol–water partition coefficient (Wildman–Crippen LogP) is 1.72. The van der Waals surface area contributed by atoms with Crippen molar-refractivity contribution in [1.29, 1.82) is 0 Å². The van der Waals surface area contributed by atoms with Gasteiger partial charge in [-0.15, -0.1) is 10.2 Å². The quantitative estimate of drug-likeness (QED) is 0.861. The summed E-state index contributed by atoms with van der Waals surface area (Å²) in [6, 6.07) is 1.86. The zero-order valence-corrected chi connectivity index (χ0v) is 14.0. The molecule has 0 saturated carbocycles. The number of hydrogen-bond donors (Lipinski definition) is 0. The standard InChI is InChI=1S/C16H22N4O3/c1-10-7-14-17-18-15(9-22-4)20(14)6-5-19(10)16(21)13-8-11(2)23-12(13)3/h8,10H,5-7,9H2,1-4H3/t10-/m0/s1. The number of nitrogens with zero attached hydrogens (tertiary/aromatic N) is 4. The second-order valence-electron chi connectivity index (χ2n) is 6.00. The molecular weight excluding hydrogens is 296 g/mol. The molecule has 1 aliphatic heterocycles. The third kappa shape index (κ3) is 2.88. The first-order valence-electron chi connectivity index (χ1n) is 7.79. The van der Waals surface area contributed by atoms with Gasteiger partial charge in [0.05, 0.1) is 5.56 Å². The molecule has 0 fully saturated rings. The van der Waals surface area contributed by atoms with Gasteiger partial charge in [-0.1, -0.05) is 0 Å². The molecule has 0 unspecified atom stereocenters. The number of ether oxygens (including phenoxy) is 1. The molecule has 7 heteroatoms. The molecule has 0 radical (unpaired) electrons. The fourth-order valence-corrected chi connectivity index (χ4v) is 3.12. The lowest BCUT2D eigenvalue weighted by atomic mass is 10.1. The summed E-state index contributed by atoms with van der Waals surface area (Å²) in [6.07, 6.45) is 0.679. The minimum Gasteiger partial charge on any atom is -0.466 e. The van der Waals surface area contributed by atoms with Crippen molar-refractivity contribution < 1.29 is 13.9 Å². The molecule has 124 valence electrons. The first kappa shape index (κ1) is 15.7. The van der Waals surface area contributed by atoms with E-state index in [2.05, 4.69) is 14.8 Å². The van der Waals surface area contributed by atoms with Crippen LogP contribution in [0.4, 0.5) is 0 Å². The van der Waals surface area contributed by atoms with Crippen molar-refractivity contribution >= 4 is 5.91 Å². The van der Waals surface area contributed by atoms with Crippen molar-refractivity contribution in [3.8, 4) is 0 Å². The Morgan fingerprint density at radius 3 is 2.83 bits per heavy atom. The van der Waals surface area contributed by atoms with E-state index >= 15 is 0 Å². The summed E-state index contributed by atoms with van der Waals surface area (Å²) < 4.78 is 12.7. The van der Waals surface area contributed by atoms with Crippen LogP contribution in [0.5, 0.6) is 0 Å². The molecule has 1 atom stereocenters. The van der Waals surface area contributed by atoms with Gasteiger partial charge in [0.15, 0.2) is 5.82 Å². The minimum absolute atomic E-state index is 0.0128. The molecule has 0 bridgehead atoms. The SMILES string of the molecule is COCc1nnc2n1CCN(C(=O)c1cc(C)oc1C)[C@@H](C)C2. The number of rotatable bonds is 3. The normalized spacial score (nSPS) is 17.9. The average molecular weight is 318 g/mol. The van der Waals surface area contributed by atoms with Crippen LogP contribution in [0, 0.1) is 13.8 Å². The Kier molecular flexibility index (Phi) is 4.21. The smallest absolute Gasteiger partial charge is 0.257 e. The molecule has 0 saturated heterocycles. The Hall–Kier alpha value is -2.15. The average Bonchev–Trinajstić information content (AvgIpc) is 2.98. The number of fused-ring (bicyclic) bond motifs is 1. The van der Waals surface area contributed by atoms with E-state index in [1.165, 1.54) is 0 Å². The number of aromatic nitrogens is 3. The fraction of sp³-hybridized carbons (Fsp3) is 0.562. The molecule has 0 aromatic carbocycles. The van der Waals surface area contributed by atoms with Crippen LogP contribution < -0.4 is 0 Å². The van der Waals surface area contributed by atoms with Gasteiger partial charge < -0.3 is 18.6 Å². The van der Waals surface area contributed by atoms with Gasteiger partial charge >= 0.3 is 0 Å². The topological polar surface area (TPSA) is 73.4 Å². The Balaban J connectivity index is 1.84. The highest BCUT2D eigenvalue weighted by Gasteiger charge is 2.29. The number of amides is 1. The van der Waals surface area contributed by atoms with Crippen LogP contribution in [-0.2, 0) is 24.3 Å². The summed E-state index contributed by atoms with van der Waals surface area (Å²) in [5, 5.41) is 8.43. The monoisotopic (exact) mass is 318 g/mol. The summed E-state index contributed by atoms with van der Waals surface area (Å²) in [6.45, 7) is 7.44. The zero-order valence-electron chi connectivity index (χ0n) is 14.0. The first-order chi connectivity index (χ1) is 11.0. The lowest BCUT2D eigenvalue weighted by molar-refractivity contribution is 0.0693. The van der Waals surface area contributed by atoms with Crippen LogP contribution in [0.1, 0.15) is 40.5 Å². The molecule has 3 rings (SSSR count). The molecule has 3 heterocycles. The summed E-state index contributed by atoms with van der Waals surface area (Å²) >= 11 is 0. The highest BCUT2D eigenvalue weighted by Crippen LogP contribution is 2.21. The van der Waals surface area contributed by atoms with Crippen LogP contribution in [0.25, 0.3) is 0 Å². The van der Waals surface area contributed by atoms with E-state index in [4.69, 9.17) is 9.15 Å². The molecule has 1 amide bonds. The van der Waals surface area contributed by atoms with E-state index in [1.54, 1.807) is 7.11 Å². The number of carbonyl (C=O) groups excluding carboxylic acids is 1. The largest absolute Gasteiger partial charge is 0.466 e. The van der Waals surface area contributed by atoms with Gasteiger partial charge in [-0.2, -0.15) is 0 Å². The molecule has 2 aromatic rings. The van der Waals surface area contributed by atoms with Crippen molar-refractivity contribution in [2.75, 3.05) is 13.7 Å². The molecule has 0 aliphatic carbocycles. The number of hydrogen-bond acceptors (Lipinski definition) is 5. The maximum atomic E-state index is 12.9. The summed E-state index contributed by atoms with van der Waals surface area (Å²) in [5.74, 6) is 3.15. The number of furan rings is 1. The van der Waals surface area contributed by atoms with Crippen molar-refractivity contribution in [3.05, 3.63) is 34.8 Å². The van der Waals surface area contributed by atoms with E-state index in [1.807, 2.05) is 31.7 Å². The highest BCUT2D eigenvalue weighted by molar-refractivity contribution is 5.95. The van der Waals surface area contributed by atoms with Crippen molar-refractivity contribution in [3.63, 3.8) is 0 Å². The van der Waals surface area contributed by atoms with Gasteiger partial charge in [0.1, 0.15) is 24.0 Å². The van der Waals surface area contributed by atoms with Crippen LogP contribution in [0.3, 0.4) is 0 Å². The number of aryl methyl sites for hydroxylation is 2. The fourth-order valence-electron chi connectivity index (χ4n) is 3.12. The minimum atomic E-state index is 0.0128. The second-order valence-corrected chi connectivity index (χ2v) is 6.00. The van der Waals surface area contributed by atoms with Gasteiger partial charge in [0.2, 0.25) is 0 Å². The van der Waals surface area contributed by atoms with E-state index in [0.717, 1.165) is 17.4 Å². The summed E-state index contributed by atoms with van der Waals surface area (Å²) in [5.41, 5.74) is 0.643. The third-order valence-electron chi connectivity index (χ3n) is 4.28. The van der Waals surface area contributed by atoms with Gasteiger partial charge in [0, 0.05) is 32.7 Å². The lowest BCUT2D eigenvalue weighted by Crippen LogP contribution is -2.40. The van der Waals surface area contributed by atoms with E-state index in [9.17, 15) is 4.79 Å². The molecule has 2 aromatic heterocycles. The van der Waals surface area contributed by atoms with Crippen LogP contribution in [0.2, 0.25) is 0 Å². The molecule has 7 nitrogen and oxygen atoms in total. The van der Waals surface area contributed by atoms with Crippen molar-refractivity contribution in [2.45, 2.75) is 46.4 Å². The third-order valence-corrected chi connectivity index (χ3v) is 4.28. The molecule has 23 heavy (non-hydrogen) atoms. The predicted molar refractivity (Wildman–Crippen MR) is 83.1 cm³/mol. The maximum absolute atomic E-state index is 12.9. The van der Waals surface area contributed by atoms with E-state index in [-0.39, 0.29) is 11.9 Å². The van der Waals surface area contributed by atoms with Crippen molar-refractivity contribution in [2.24, 2.45) is 0 Å². The Bertz CT molecular complexity index is 719. The number of methoxy groups -OCH3 is 1. The molecule has 0 spiro atoms. The van der Waals surface area contributed by atoms with Gasteiger partial charge in [-0.25, -0.2) is 0 Å². The Labute approximate surface area is 135 Å². The number of carbonyl (C=O) groups is 1. The Morgan fingerprint density at radius 2 is 2.17 bits per heavy atom. The van der Waals surface area contributed by atoms with Crippen LogP contribution >= 0.6 is 0 Å². The zero-order chi connectivity index (χ0) is 16.6. The Morgan fingerprint density at radius 1 is 1.39 bits per heavy atom. The van der Waals surface area contributed by atoms with Gasteiger partial charge in [-0.3, -0.25) is 4.79 Å². The highest BCUT2D eigenvalue weighted by atomic mass is 16.5. The maximum Gasteiger partial charge on any atom is 0.257 e. The summed E-state index contributed by atoms with van der Waals surface area (Å²) in [7, 11) is 1.64. The van der Waals surface area contributed by atoms with Crippen molar-refractivity contribution in [1.82, 2.24) is 19.7 Å². The molecular formula is C16H22N4O3. The lowest BCUT2D eigenvalue weighted by Gasteiger charge is -2.26. The molecule has 0 N–H and O–H groups in total. The molecule has 1 aliphatic rings. The van der Waals surface area contributed by atoms with E-state index < -0.39 is 0 Å². The first-order valence-corrected chi connectivity index (χ1v) is 7.79. The van der Waals surface area contributed by atoms with Crippen LogP contribution in [0.15, 0.2) is 10.5 Å². The van der Waals surface area contributed by atoms with Gasteiger partial charge in [-0.05, 0) is 26.8 Å².